The molecule has 0 aliphatic heterocycles. The third-order valence-corrected chi connectivity index (χ3v) is 8.38. The third-order valence-electron chi connectivity index (χ3n) is 8.38. The Morgan fingerprint density at radius 3 is 1.17 bits per heavy atom. The maximum absolute atomic E-state index is 4.96. The van der Waals surface area contributed by atoms with Gasteiger partial charge in [0.25, 0.3) is 0 Å². The zero-order chi connectivity index (χ0) is 27.6. The van der Waals surface area contributed by atoms with E-state index < -0.39 is 0 Å². The Morgan fingerprint density at radius 2 is 0.690 bits per heavy atom. The lowest BCUT2D eigenvalue weighted by Crippen LogP contribution is -1.91. The topological polar surface area (TPSA) is 51.6 Å². The average molecular weight is 535 g/mol. The van der Waals surface area contributed by atoms with Crippen LogP contribution in [0, 0.1) is 0 Å². The molecule has 0 aliphatic rings. The number of hydrogen-bond donors (Lipinski definition) is 0. The van der Waals surface area contributed by atoms with Gasteiger partial charge in [-0.1, -0.05) is 78.9 Å². The first-order valence-corrected chi connectivity index (χ1v) is 14.0. The Balaban J connectivity index is 1.23. The number of benzene rings is 5. The van der Waals surface area contributed by atoms with Crippen molar-refractivity contribution in [1.82, 2.24) is 19.9 Å². The Hall–Kier alpha value is -5.74. The van der Waals surface area contributed by atoms with Gasteiger partial charge in [0.05, 0.1) is 22.1 Å². The number of hydrogen-bond acceptors (Lipinski definition) is 4. The minimum atomic E-state index is 0.927. The van der Waals surface area contributed by atoms with Crippen LogP contribution >= 0.6 is 0 Å². The van der Waals surface area contributed by atoms with Gasteiger partial charge in [-0.25, -0.2) is 0 Å². The number of fused-ring (bicyclic) bond motifs is 12. The highest BCUT2D eigenvalue weighted by atomic mass is 14.7. The van der Waals surface area contributed by atoms with E-state index in [4.69, 9.17) is 19.9 Å². The predicted octanol–water partition coefficient (Wildman–Crippen LogP) is 9.52. The fraction of sp³-hybridized carbons (Fsp3) is 0. The van der Waals surface area contributed by atoms with Crippen molar-refractivity contribution in [2.24, 2.45) is 0 Å². The fourth-order valence-corrected chi connectivity index (χ4v) is 6.44. The summed E-state index contributed by atoms with van der Waals surface area (Å²) in [5.41, 5.74) is 8.07. The second kappa shape index (κ2) is 8.88. The molecule has 42 heavy (non-hydrogen) atoms. The number of rotatable bonds is 2. The summed E-state index contributed by atoms with van der Waals surface area (Å²) in [4.78, 5) is 19.3. The Kier molecular flexibility index (Phi) is 4.87. The summed E-state index contributed by atoms with van der Waals surface area (Å²) in [5, 5.41) is 9.23. The molecule has 0 aliphatic carbocycles. The second-order valence-corrected chi connectivity index (χ2v) is 10.7. The molecule has 0 saturated heterocycles. The first-order chi connectivity index (χ1) is 20.8. The molecule has 0 bridgehead atoms. The Bertz CT molecular complexity index is 2290. The Labute approximate surface area is 241 Å². The van der Waals surface area contributed by atoms with E-state index >= 15 is 0 Å². The summed E-state index contributed by atoms with van der Waals surface area (Å²) >= 11 is 0. The van der Waals surface area contributed by atoms with E-state index in [2.05, 4.69) is 97.1 Å². The van der Waals surface area contributed by atoms with Crippen LogP contribution in [0.4, 0.5) is 0 Å². The van der Waals surface area contributed by atoms with Crippen LogP contribution < -0.4 is 0 Å². The van der Waals surface area contributed by atoms with E-state index in [1.165, 1.54) is 21.5 Å². The summed E-state index contributed by atoms with van der Waals surface area (Å²) in [7, 11) is 0. The fourth-order valence-electron chi connectivity index (χ4n) is 6.44. The molecule has 4 heteroatoms. The van der Waals surface area contributed by atoms with Gasteiger partial charge in [0, 0.05) is 57.5 Å². The van der Waals surface area contributed by atoms with Crippen molar-refractivity contribution in [3.63, 3.8) is 0 Å². The van der Waals surface area contributed by atoms with Gasteiger partial charge in [-0.3, -0.25) is 19.9 Å². The van der Waals surface area contributed by atoms with Gasteiger partial charge in [0.15, 0.2) is 0 Å². The molecule has 0 spiro atoms. The molecule has 9 aromatic rings. The van der Waals surface area contributed by atoms with Gasteiger partial charge in [0.1, 0.15) is 0 Å². The minimum absolute atomic E-state index is 0.927. The van der Waals surface area contributed by atoms with Crippen molar-refractivity contribution >= 4 is 65.2 Å². The zero-order valence-electron chi connectivity index (χ0n) is 22.5. The van der Waals surface area contributed by atoms with Crippen LogP contribution in [0.1, 0.15) is 0 Å². The largest absolute Gasteiger partial charge is 0.254 e. The molecule has 9 rings (SSSR count). The van der Waals surface area contributed by atoms with Crippen LogP contribution in [0.15, 0.2) is 134 Å². The molecule has 0 N–H and O–H groups in total. The monoisotopic (exact) mass is 534 g/mol. The quantitative estimate of drug-likeness (QED) is 0.207. The maximum atomic E-state index is 4.96. The Morgan fingerprint density at radius 1 is 0.286 bits per heavy atom. The van der Waals surface area contributed by atoms with Gasteiger partial charge in [0.2, 0.25) is 0 Å². The molecule has 0 amide bonds. The third kappa shape index (κ3) is 3.36. The van der Waals surface area contributed by atoms with Crippen molar-refractivity contribution in [2.45, 2.75) is 0 Å². The van der Waals surface area contributed by atoms with Gasteiger partial charge < -0.3 is 0 Å². The van der Waals surface area contributed by atoms with Crippen LogP contribution in [0.2, 0.25) is 0 Å². The lowest BCUT2D eigenvalue weighted by molar-refractivity contribution is 1.37. The molecule has 194 valence electrons. The van der Waals surface area contributed by atoms with Gasteiger partial charge in [-0.2, -0.15) is 0 Å². The SMILES string of the molecule is c1cc(-c2cnc3c(c2)c2ccccc2c2cccnc23)cc(-c2cnc3c(c2)c2ccccc2c2cccnc23)c1. The molecule has 0 radical (unpaired) electrons. The molecule has 0 atom stereocenters. The first-order valence-electron chi connectivity index (χ1n) is 14.0. The van der Waals surface area contributed by atoms with E-state index in [9.17, 15) is 0 Å². The zero-order valence-corrected chi connectivity index (χ0v) is 22.5. The minimum Gasteiger partial charge on any atom is -0.254 e. The van der Waals surface area contributed by atoms with Crippen molar-refractivity contribution in [3.8, 4) is 22.3 Å². The lowest BCUT2D eigenvalue weighted by atomic mass is 9.95. The van der Waals surface area contributed by atoms with Gasteiger partial charge in [-0.15, -0.1) is 0 Å². The lowest BCUT2D eigenvalue weighted by Gasteiger charge is -2.12. The summed E-state index contributed by atoms with van der Waals surface area (Å²) in [6.45, 7) is 0. The smallest absolute Gasteiger partial charge is 0.0971 e. The molecule has 0 fully saturated rings. The summed E-state index contributed by atoms with van der Waals surface area (Å²) < 4.78 is 0. The predicted molar refractivity (Wildman–Crippen MR) is 174 cm³/mol. The summed E-state index contributed by atoms with van der Waals surface area (Å²) in [6, 6.07) is 38.4. The standard InChI is InChI=1S/C38H22N4/c1-3-12-29-27(10-1)31-14-6-16-39-35(31)37-33(29)19-25(21-41-37)23-8-5-9-24(18-23)26-20-34-30-13-4-2-11-28(30)32-15-7-17-40-36(32)38(34)42-22-26/h1-22H. The normalized spacial score (nSPS) is 11.8. The molecular weight excluding hydrogens is 512 g/mol. The van der Waals surface area contributed by atoms with Crippen LogP contribution in [0.3, 0.4) is 0 Å². The van der Waals surface area contributed by atoms with Crippen molar-refractivity contribution in [3.05, 3.63) is 134 Å². The first kappa shape index (κ1) is 23.0. The highest BCUT2D eigenvalue weighted by Gasteiger charge is 2.14. The van der Waals surface area contributed by atoms with E-state index in [0.717, 1.165) is 65.9 Å². The number of aromatic nitrogens is 4. The summed E-state index contributed by atoms with van der Waals surface area (Å²) in [6.07, 6.45) is 7.62. The van der Waals surface area contributed by atoms with Gasteiger partial charge >= 0.3 is 0 Å². The molecule has 0 saturated carbocycles. The van der Waals surface area contributed by atoms with Crippen LogP contribution in [0.5, 0.6) is 0 Å². The molecular formula is C38H22N4. The maximum Gasteiger partial charge on any atom is 0.0971 e. The van der Waals surface area contributed by atoms with E-state index in [1.807, 2.05) is 36.9 Å². The highest BCUT2D eigenvalue weighted by molar-refractivity contribution is 6.24. The van der Waals surface area contributed by atoms with Gasteiger partial charge in [-0.05, 0) is 63.0 Å². The van der Waals surface area contributed by atoms with Crippen LogP contribution in [-0.2, 0) is 0 Å². The van der Waals surface area contributed by atoms with E-state index in [-0.39, 0.29) is 0 Å². The summed E-state index contributed by atoms with van der Waals surface area (Å²) in [5.74, 6) is 0. The van der Waals surface area contributed by atoms with Crippen molar-refractivity contribution < 1.29 is 0 Å². The molecule has 4 nitrogen and oxygen atoms in total. The average Bonchev–Trinajstić information content (AvgIpc) is 3.08. The second-order valence-electron chi connectivity index (χ2n) is 10.7. The molecule has 5 aromatic carbocycles. The molecule has 4 heterocycles. The number of pyridine rings is 4. The van der Waals surface area contributed by atoms with E-state index in [1.54, 1.807) is 0 Å². The van der Waals surface area contributed by atoms with E-state index in [0.29, 0.717) is 0 Å². The van der Waals surface area contributed by atoms with Crippen molar-refractivity contribution in [1.29, 1.82) is 0 Å². The van der Waals surface area contributed by atoms with Crippen LogP contribution in [-0.4, -0.2) is 19.9 Å². The number of nitrogens with zero attached hydrogens (tertiary/aromatic N) is 4. The van der Waals surface area contributed by atoms with Crippen LogP contribution in [0.25, 0.3) is 87.4 Å². The highest BCUT2D eigenvalue weighted by Crippen LogP contribution is 2.37. The molecule has 4 aromatic heterocycles. The molecule has 0 unspecified atom stereocenters. The van der Waals surface area contributed by atoms with Crippen molar-refractivity contribution in [2.75, 3.05) is 0 Å².